The van der Waals surface area contributed by atoms with Crippen LogP contribution in [0, 0.1) is 0 Å². The standard InChI is InChI=1S/C16H9F17O6/c17-9(18,1-2-38-7(36)5-6(35)4(3-34)39-8(5)37)10(19,20)11(21,22)12(23,24)13(25,26)14(27,28)15(29,30)16(31,32)33/h34-35,37H,1-3H2. The third-order valence-electron chi connectivity index (χ3n) is 4.72. The van der Waals surface area contributed by atoms with Crippen molar-refractivity contribution >= 4 is 5.97 Å². The minimum Gasteiger partial charge on any atom is -0.504 e. The van der Waals surface area contributed by atoms with E-state index in [0.717, 1.165) is 0 Å². The lowest BCUT2D eigenvalue weighted by molar-refractivity contribution is -0.461. The molecule has 1 heterocycles. The summed E-state index contributed by atoms with van der Waals surface area (Å²) >= 11 is 0. The molecule has 0 aromatic carbocycles. The van der Waals surface area contributed by atoms with Crippen molar-refractivity contribution in [3.05, 3.63) is 11.3 Å². The number of carbonyl (C=O) groups excluding carboxylic acids is 1. The van der Waals surface area contributed by atoms with Crippen molar-refractivity contribution in [2.75, 3.05) is 6.61 Å². The number of alkyl halides is 17. The zero-order chi connectivity index (χ0) is 31.4. The lowest BCUT2D eigenvalue weighted by Gasteiger charge is -2.42. The van der Waals surface area contributed by atoms with Crippen LogP contribution < -0.4 is 0 Å². The molecule has 1 aromatic heterocycles. The molecular weight excluding hydrogens is 611 g/mol. The average molecular weight is 620 g/mol. The Hall–Kier alpha value is -2.88. The summed E-state index contributed by atoms with van der Waals surface area (Å²) in [7, 11) is 0. The summed E-state index contributed by atoms with van der Waals surface area (Å²) in [5.41, 5.74) is -1.50. The van der Waals surface area contributed by atoms with Crippen LogP contribution in [0.1, 0.15) is 22.5 Å². The van der Waals surface area contributed by atoms with E-state index in [1.54, 1.807) is 0 Å². The van der Waals surface area contributed by atoms with Crippen molar-refractivity contribution in [3.63, 3.8) is 0 Å². The molecule has 0 radical (unpaired) electrons. The number of esters is 1. The summed E-state index contributed by atoms with van der Waals surface area (Å²) in [5.74, 6) is -63.9. The molecule has 23 heteroatoms. The largest absolute Gasteiger partial charge is 0.504 e. The third-order valence-corrected chi connectivity index (χ3v) is 4.72. The maximum Gasteiger partial charge on any atom is 0.460 e. The van der Waals surface area contributed by atoms with Gasteiger partial charge < -0.3 is 24.5 Å². The molecule has 0 aliphatic carbocycles. The van der Waals surface area contributed by atoms with Crippen LogP contribution >= 0.6 is 0 Å². The number of aliphatic hydroxyl groups is 1. The molecule has 3 N–H and O–H groups in total. The van der Waals surface area contributed by atoms with E-state index in [4.69, 9.17) is 5.11 Å². The number of carbonyl (C=O) groups is 1. The Morgan fingerprint density at radius 2 is 1.05 bits per heavy atom. The van der Waals surface area contributed by atoms with E-state index in [2.05, 4.69) is 9.15 Å². The monoisotopic (exact) mass is 620 g/mol. The molecule has 0 fully saturated rings. The van der Waals surface area contributed by atoms with Gasteiger partial charge in [0.15, 0.2) is 17.1 Å². The SMILES string of the molecule is O=C(OCCC(F)(F)C(F)(F)C(F)(F)C(F)(F)C(F)(F)C(F)(F)C(F)(F)C(F)(F)F)c1c(O)oc(CO)c1O. The summed E-state index contributed by atoms with van der Waals surface area (Å²) in [6.07, 6.45) is -10.9. The van der Waals surface area contributed by atoms with Gasteiger partial charge in [0, 0.05) is 0 Å². The fraction of sp³-hybridized carbons (Fsp3) is 0.688. The zero-order valence-corrected chi connectivity index (χ0v) is 17.6. The molecule has 39 heavy (non-hydrogen) atoms. The number of ether oxygens (including phenoxy) is 1. The number of aliphatic hydroxyl groups excluding tert-OH is 1. The first-order valence-electron chi connectivity index (χ1n) is 9.04. The minimum absolute atomic E-state index is 0.980. The van der Waals surface area contributed by atoms with Crippen LogP contribution in [0.5, 0.6) is 11.7 Å². The van der Waals surface area contributed by atoms with E-state index in [-0.39, 0.29) is 0 Å². The molecule has 0 amide bonds. The van der Waals surface area contributed by atoms with Crippen molar-refractivity contribution in [1.82, 2.24) is 0 Å². The summed E-state index contributed by atoms with van der Waals surface area (Å²) in [5, 5.41) is 27.3. The van der Waals surface area contributed by atoms with Gasteiger partial charge in [-0.2, -0.15) is 74.6 Å². The second-order valence-electron chi connectivity index (χ2n) is 7.25. The van der Waals surface area contributed by atoms with E-state index >= 15 is 0 Å². The Balaban J connectivity index is 3.32. The van der Waals surface area contributed by atoms with Crippen molar-refractivity contribution in [2.45, 2.75) is 60.7 Å². The third kappa shape index (κ3) is 4.85. The number of aromatic hydroxyl groups is 2. The van der Waals surface area contributed by atoms with Crippen molar-refractivity contribution in [2.24, 2.45) is 0 Å². The molecule has 0 unspecified atom stereocenters. The molecule has 0 aliphatic rings. The summed E-state index contributed by atoms with van der Waals surface area (Å²) in [6, 6.07) is 0. The first-order chi connectivity index (χ1) is 17.0. The van der Waals surface area contributed by atoms with Gasteiger partial charge in [0.25, 0.3) is 0 Å². The lowest BCUT2D eigenvalue weighted by Crippen LogP contribution is -2.74. The van der Waals surface area contributed by atoms with Crippen LogP contribution in [-0.4, -0.2) is 75.5 Å². The Labute approximate surface area is 201 Å². The van der Waals surface area contributed by atoms with Crippen LogP contribution in [0.25, 0.3) is 0 Å². The smallest absolute Gasteiger partial charge is 0.460 e. The molecule has 0 aliphatic heterocycles. The van der Waals surface area contributed by atoms with E-state index < -0.39 is 96.3 Å². The Morgan fingerprint density at radius 3 is 1.41 bits per heavy atom. The first kappa shape index (κ1) is 34.1. The zero-order valence-electron chi connectivity index (χ0n) is 17.6. The van der Waals surface area contributed by atoms with Crippen LogP contribution in [0.2, 0.25) is 0 Å². The second-order valence-corrected chi connectivity index (χ2v) is 7.25. The van der Waals surface area contributed by atoms with Gasteiger partial charge in [0.05, 0.1) is 13.0 Å². The molecule has 0 atom stereocenters. The highest BCUT2D eigenvalue weighted by Crippen LogP contribution is 2.64. The number of hydrogen-bond acceptors (Lipinski definition) is 6. The Morgan fingerprint density at radius 1 is 0.667 bits per heavy atom. The predicted molar refractivity (Wildman–Crippen MR) is 83.5 cm³/mol. The summed E-state index contributed by atoms with van der Waals surface area (Å²) in [6.45, 7) is -3.54. The topological polar surface area (TPSA) is 100 Å². The minimum atomic E-state index is -8.77. The highest BCUT2D eigenvalue weighted by Gasteiger charge is 2.95. The fourth-order valence-corrected chi connectivity index (χ4v) is 2.45. The first-order valence-corrected chi connectivity index (χ1v) is 9.04. The van der Waals surface area contributed by atoms with Crippen molar-refractivity contribution in [3.8, 4) is 11.7 Å². The maximum absolute atomic E-state index is 13.7. The Bertz CT molecular complexity index is 1060. The van der Waals surface area contributed by atoms with Crippen molar-refractivity contribution in [1.29, 1.82) is 0 Å². The van der Waals surface area contributed by atoms with Gasteiger partial charge in [-0.15, -0.1) is 0 Å². The van der Waals surface area contributed by atoms with Gasteiger partial charge in [0.1, 0.15) is 6.61 Å². The molecule has 0 spiro atoms. The Kier molecular flexibility index (Phi) is 8.44. The predicted octanol–water partition coefficient (Wildman–Crippen LogP) is 5.74. The molecule has 6 nitrogen and oxygen atoms in total. The van der Waals surface area contributed by atoms with E-state index in [9.17, 15) is 89.6 Å². The molecule has 0 saturated carbocycles. The van der Waals surface area contributed by atoms with Crippen LogP contribution in [-0.2, 0) is 11.3 Å². The quantitative estimate of drug-likeness (QED) is 0.216. The van der Waals surface area contributed by atoms with Gasteiger partial charge in [-0.25, -0.2) is 4.79 Å². The summed E-state index contributed by atoms with van der Waals surface area (Å²) in [4.78, 5) is 11.6. The average Bonchev–Trinajstić information content (AvgIpc) is 3.04. The molecule has 1 rings (SSSR count). The molecule has 0 bridgehead atoms. The highest BCUT2D eigenvalue weighted by molar-refractivity contribution is 5.95. The van der Waals surface area contributed by atoms with Crippen LogP contribution in [0.4, 0.5) is 74.6 Å². The van der Waals surface area contributed by atoms with E-state index in [1.165, 1.54) is 0 Å². The van der Waals surface area contributed by atoms with Gasteiger partial charge in [0.2, 0.25) is 0 Å². The molecule has 1 aromatic rings. The molecule has 228 valence electrons. The van der Waals surface area contributed by atoms with E-state index in [0.29, 0.717) is 0 Å². The lowest BCUT2D eigenvalue weighted by atomic mass is 9.88. The maximum atomic E-state index is 13.7. The van der Waals surface area contributed by atoms with Gasteiger partial charge in [-0.05, 0) is 0 Å². The van der Waals surface area contributed by atoms with Crippen LogP contribution in [0.3, 0.4) is 0 Å². The van der Waals surface area contributed by atoms with Crippen LogP contribution in [0.15, 0.2) is 4.42 Å². The highest BCUT2D eigenvalue weighted by atomic mass is 19.4. The number of rotatable bonds is 11. The second kappa shape index (κ2) is 9.64. The van der Waals surface area contributed by atoms with Crippen molar-refractivity contribution < 1.29 is 104 Å². The molecular formula is C16H9F17O6. The van der Waals surface area contributed by atoms with Gasteiger partial charge >= 0.3 is 59.5 Å². The van der Waals surface area contributed by atoms with Gasteiger partial charge in [-0.3, -0.25) is 0 Å². The number of hydrogen-bond donors (Lipinski definition) is 3. The summed E-state index contributed by atoms with van der Waals surface area (Å²) < 4.78 is 232. The van der Waals surface area contributed by atoms with Gasteiger partial charge in [-0.1, -0.05) is 0 Å². The molecule has 0 saturated heterocycles. The number of furan rings is 1. The fourth-order valence-electron chi connectivity index (χ4n) is 2.45. The number of halogens is 17. The van der Waals surface area contributed by atoms with E-state index in [1.807, 2.05) is 0 Å². The normalized spacial score (nSPS) is 15.0.